The number of hydrogen-bond acceptors (Lipinski definition) is 2. The van der Waals surface area contributed by atoms with E-state index in [2.05, 4.69) is 63.4 Å². The number of benzene rings is 1. The molecule has 0 unspecified atom stereocenters. The van der Waals surface area contributed by atoms with Crippen molar-refractivity contribution in [1.82, 2.24) is 5.32 Å². The molecule has 0 saturated heterocycles. The minimum atomic E-state index is 0.152. The average Bonchev–Trinajstić information content (AvgIpc) is 2.85. The molecule has 0 aliphatic heterocycles. The van der Waals surface area contributed by atoms with Gasteiger partial charge in [-0.25, -0.2) is 0 Å². The number of rotatable bonds is 4. The summed E-state index contributed by atoms with van der Waals surface area (Å²) in [5.74, 6) is 0. The van der Waals surface area contributed by atoms with Crippen LogP contribution in [-0.2, 0) is 0 Å². The lowest BCUT2D eigenvalue weighted by Gasteiger charge is -2.20. The molecule has 1 heterocycles. The second kappa shape index (κ2) is 6.78. The summed E-state index contributed by atoms with van der Waals surface area (Å²) in [7, 11) is 0. The van der Waals surface area contributed by atoms with Crippen LogP contribution in [0.5, 0.6) is 0 Å². The van der Waals surface area contributed by atoms with E-state index < -0.39 is 0 Å². The number of halogens is 1. The third-order valence-corrected chi connectivity index (χ3v) is 4.38. The van der Waals surface area contributed by atoms with Gasteiger partial charge in [-0.15, -0.1) is 11.3 Å². The molecule has 0 aliphatic carbocycles. The third kappa shape index (κ3) is 5.31. The van der Waals surface area contributed by atoms with E-state index in [1.165, 1.54) is 20.9 Å². The van der Waals surface area contributed by atoms with E-state index in [1.54, 1.807) is 11.3 Å². The highest BCUT2D eigenvalue weighted by Crippen LogP contribution is 2.30. The van der Waals surface area contributed by atoms with Crippen molar-refractivity contribution in [3.05, 3.63) is 51.9 Å². The standard InChI is InChI=1S/C18H22ClNS/c1-13(12-20-18(2,3)4)11-16-9-10-17(21-16)14-5-7-15(19)8-6-14/h5-11,20H,12H2,1-4H3. The fourth-order valence-electron chi connectivity index (χ4n) is 1.90. The van der Waals surface area contributed by atoms with Crippen LogP contribution < -0.4 is 5.32 Å². The predicted molar refractivity (Wildman–Crippen MR) is 96.2 cm³/mol. The van der Waals surface area contributed by atoms with E-state index in [0.717, 1.165) is 11.6 Å². The minimum absolute atomic E-state index is 0.152. The van der Waals surface area contributed by atoms with Crippen molar-refractivity contribution in [3.8, 4) is 10.4 Å². The molecule has 0 atom stereocenters. The van der Waals surface area contributed by atoms with Crippen molar-refractivity contribution >= 4 is 29.0 Å². The summed E-state index contributed by atoms with van der Waals surface area (Å²) < 4.78 is 0. The van der Waals surface area contributed by atoms with E-state index in [-0.39, 0.29) is 5.54 Å². The zero-order valence-electron chi connectivity index (χ0n) is 13.0. The first-order chi connectivity index (χ1) is 9.83. The summed E-state index contributed by atoms with van der Waals surface area (Å²) in [5, 5.41) is 4.29. The van der Waals surface area contributed by atoms with Crippen molar-refractivity contribution in [3.63, 3.8) is 0 Å². The van der Waals surface area contributed by atoms with Gasteiger partial charge in [0.2, 0.25) is 0 Å². The second-order valence-corrected chi connectivity index (χ2v) is 7.85. The molecule has 2 rings (SSSR count). The minimum Gasteiger partial charge on any atom is -0.308 e. The Balaban J connectivity index is 2.07. The van der Waals surface area contributed by atoms with Gasteiger partial charge in [-0.1, -0.05) is 29.3 Å². The lowest BCUT2D eigenvalue weighted by Crippen LogP contribution is -2.36. The molecule has 0 aliphatic rings. The maximum atomic E-state index is 5.93. The predicted octanol–water partition coefficient (Wildman–Crippen LogP) is 5.86. The van der Waals surface area contributed by atoms with Gasteiger partial charge >= 0.3 is 0 Å². The highest BCUT2D eigenvalue weighted by molar-refractivity contribution is 7.16. The van der Waals surface area contributed by atoms with E-state index in [1.807, 2.05) is 12.1 Å². The van der Waals surface area contributed by atoms with E-state index in [4.69, 9.17) is 11.6 Å². The molecule has 1 aromatic heterocycles. The summed E-state index contributed by atoms with van der Waals surface area (Å²) >= 11 is 7.74. The van der Waals surface area contributed by atoms with Crippen molar-refractivity contribution < 1.29 is 0 Å². The lowest BCUT2D eigenvalue weighted by atomic mass is 10.1. The Morgan fingerprint density at radius 2 is 1.81 bits per heavy atom. The van der Waals surface area contributed by atoms with Gasteiger partial charge < -0.3 is 5.32 Å². The first kappa shape index (κ1) is 16.3. The maximum Gasteiger partial charge on any atom is 0.0406 e. The Bertz CT molecular complexity index is 617. The average molecular weight is 320 g/mol. The molecule has 1 nitrogen and oxygen atoms in total. The van der Waals surface area contributed by atoms with Crippen LogP contribution in [0.1, 0.15) is 32.6 Å². The molecular formula is C18H22ClNS. The highest BCUT2D eigenvalue weighted by Gasteiger charge is 2.08. The Morgan fingerprint density at radius 3 is 2.43 bits per heavy atom. The Morgan fingerprint density at radius 1 is 1.14 bits per heavy atom. The summed E-state index contributed by atoms with van der Waals surface area (Å²) in [6.07, 6.45) is 2.25. The summed E-state index contributed by atoms with van der Waals surface area (Å²) in [5.41, 5.74) is 2.71. The zero-order chi connectivity index (χ0) is 15.5. The molecule has 0 bridgehead atoms. The molecular weight excluding hydrogens is 298 g/mol. The lowest BCUT2D eigenvalue weighted by molar-refractivity contribution is 0.445. The van der Waals surface area contributed by atoms with Crippen LogP contribution in [0.2, 0.25) is 5.02 Å². The van der Waals surface area contributed by atoms with Gasteiger partial charge in [-0.3, -0.25) is 0 Å². The zero-order valence-corrected chi connectivity index (χ0v) is 14.6. The van der Waals surface area contributed by atoms with Gasteiger partial charge in [0.1, 0.15) is 0 Å². The molecule has 21 heavy (non-hydrogen) atoms. The van der Waals surface area contributed by atoms with E-state index in [0.29, 0.717) is 0 Å². The molecule has 2 aromatic rings. The SMILES string of the molecule is CC(=Cc1ccc(-c2ccc(Cl)cc2)s1)CNC(C)(C)C. The van der Waals surface area contributed by atoms with Crippen LogP contribution in [0.3, 0.4) is 0 Å². The number of hydrogen-bond donors (Lipinski definition) is 1. The van der Waals surface area contributed by atoms with Gasteiger partial charge in [-0.2, -0.15) is 0 Å². The van der Waals surface area contributed by atoms with Crippen LogP contribution in [-0.4, -0.2) is 12.1 Å². The van der Waals surface area contributed by atoms with Crippen molar-refractivity contribution in [2.75, 3.05) is 6.54 Å². The van der Waals surface area contributed by atoms with Crippen molar-refractivity contribution in [2.45, 2.75) is 33.2 Å². The van der Waals surface area contributed by atoms with Gasteiger partial charge in [0.05, 0.1) is 0 Å². The third-order valence-electron chi connectivity index (χ3n) is 3.04. The fourth-order valence-corrected chi connectivity index (χ4v) is 3.06. The maximum absolute atomic E-state index is 5.93. The largest absolute Gasteiger partial charge is 0.308 e. The van der Waals surface area contributed by atoms with E-state index >= 15 is 0 Å². The quantitative estimate of drug-likeness (QED) is 0.744. The molecule has 0 radical (unpaired) electrons. The van der Waals surface area contributed by atoms with Gasteiger partial charge in [0.15, 0.2) is 0 Å². The normalized spacial score (nSPS) is 12.7. The fraction of sp³-hybridized carbons (Fsp3) is 0.333. The molecule has 0 amide bonds. The molecule has 1 aromatic carbocycles. The van der Waals surface area contributed by atoms with Crippen molar-refractivity contribution in [1.29, 1.82) is 0 Å². The van der Waals surface area contributed by atoms with Gasteiger partial charge in [-0.05, 0) is 63.6 Å². The first-order valence-corrected chi connectivity index (χ1v) is 8.31. The van der Waals surface area contributed by atoms with Gasteiger partial charge in [0, 0.05) is 26.9 Å². The molecule has 112 valence electrons. The summed E-state index contributed by atoms with van der Waals surface area (Å²) in [6, 6.07) is 12.3. The Hall–Kier alpha value is -1.09. The summed E-state index contributed by atoms with van der Waals surface area (Å²) in [4.78, 5) is 2.56. The molecule has 3 heteroatoms. The van der Waals surface area contributed by atoms with Crippen molar-refractivity contribution in [2.24, 2.45) is 0 Å². The van der Waals surface area contributed by atoms with Crippen LogP contribution >= 0.6 is 22.9 Å². The van der Waals surface area contributed by atoms with Crippen LogP contribution in [0.4, 0.5) is 0 Å². The first-order valence-electron chi connectivity index (χ1n) is 7.11. The Kier molecular flexibility index (Phi) is 5.26. The van der Waals surface area contributed by atoms with Crippen LogP contribution in [0.15, 0.2) is 42.0 Å². The molecule has 0 spiro atoms. The van der Waals surface area contributed by atoms with E-state index in [9.17, 15) is 0 Å². The van der Waals surface area contributed by atoms with Gasteiger partial charge in [0.25, 0.3) is 0 Å². The summed E-state index contributed by atoms with van der Waals surface area (Å²) in [6.45, 7) is 9.64. The molecule has 1 N–H and O–H groups in total. The number of thiophene rings is 1. The smallest absolute Gasteiger partial charge is 0.0406 e. The molecule has 0 saturated carbocycles. The second-order valence-electron chi connectivity index (χ2n) is 6.30. The monoisotopic (exact) mass is 319 g/mol. The van der Waals surface area contributed by atoms with Crippen LogP contribution in [0, 0.1) is 0 Å². The molecule has 0 fully saturated rings. The highest BCUT2D eigenvalue weighted by atomic mass is 35.5. The topological polar surface area (TPSA) is 12.0 Å². The Labute approximate surface area is 136 Å². The number of nitrogens with one attached hydrogen (secondary N) is 1. The van der Waals surface area contributed by atoms with Crippen LogP contribution in [0.25, 0.3) is 16.5 Å².